The molecule has 0 saturated heterocycles. The highest BCUT2D eigenvalue weighted by atomic mass is 16.5. The largest absolute Gasteiger partial charge is 0.491 e. The van der Waals surface area contributed by atoms with E-state index >= 15 is 0 Å². The molecule has 3 saturated carbocycles. The lowest BCUT2D eigenvalue weighted by molar-refractivity contribution is -0.131. The molecular weight excluding hydrogens is 330 g/mol. The van der Waals surface area contributed by atoms with Crippen molar-refractivity contribution in [1.82, 2.24) is 4.90 Å². The Morgan fingerprint density at radius 1 is 1.31 bits per heavy atom. The normalized spacial score (nSPS) is 34.5. The summed E-state index contributed by atoms with van der Waals surface area (Å²) in [6, 6.07) is 0. The maximum absolute atomic E-state index is 11.6. The van der Waals surface area contributed by atoms with Gasteiger partial charge in [-0.15, -0.1) is 0 Å². The molecule has 3 aliphatic rings. The van der Waals surface area contributed by atoms with Gasteiger partial charge < -0.3 is 19.8 Å². The van der Waals surface area contributed by atoms with E-state index in [1.54, 1.807) is 20.4 Å². The number of allylic oxidation sites excluding steroid dienone is 1. The molecule has 0 aromatic carbocycles. The van der Waals surface area contributed by atoms with Crippen molar-refractivity contribution in [1.29, 1.82) is 0 Å². The summed E-state index contributed by atoms with van der Waals surface area (Å²) in [5.74, 6) is 1.35. The molecular formula is C21H33NO4. The van der Waals surface area contributed by atoms with E-state index in [1.165, 1.54) is 23.3 Å². The molecule has 3 rings (SSSR count). The van der Waals surface area contributed by atoms with Crippen molar-refractivity contribution in [2.75, 3.05) is 20.7 Å². The summed E-state index contributed by atoms with van der Waals surface area (Å²) in [4.78, 5) is 13.1. The van der Waals surface area contributed by atoms with Crippen LogP contribution in [0.15, 0.2) is 24.0 Å². The predicted octanol–water partition coefficient (Wildman–Crippen LogP) is 2.49. The molecule has 3 aliphatic carbocycles. The second-order valence-corrected chi connectivity index (χ2v) is 8.51. The summed E-state index contributed by atoms with van der Waals surface area (Å²) < 4.78 is 5.46. The Labute approximate surface area is 156 Å². The van der Waals surface area contributed by atoms with E-state index in [1.807, 2.05) is 6.08 Å². The van der Waals surface area contributed by atoms with Crippen LogP contribution in [-0.2, 0) is 9.53 Å². The highest BCUT2D eigenvalue weighted by Gasteiger charge is 2.45. The molecule has 0 heterocycles. The van der Waals surface area contributed by atoms with E-state index in [9.17, 15) is 15.0 Å². The molecule has 26 heavy (non-hydrogen) atoms. The number of aliphatic hydroxyl groups is 2. The van der Waals surface area contributed by atoms with Crippen LogP contribution in [0, 0.1) is 23.7 Å². The minimum atomic E-state index is -0.374. The molecule has 5 heteroatoms. The fraction of sp³-hybridized carbons (Fsp3) is 0.762. The second-order valence-electron chi connectivity index (χ2n) is 8.51. The highest BCUT2D eigenvalue weighted by Crippen LogP contribution is 2.50. The van der Waals surface area contributed by atoms with E-state index in [-0.39, 0.29) is 30.6 Å². The van der Waals surface area contributed by atoms with E-state index in [0.29, 0.717) is 17.8 Å². The fourth-order valence-corrected chi connectivity index (χ4v) is 4.93. The van der Waals surface area contributed by atoms with Crippen LogP contribution >= 0.6 is 0 Å². The Morgan fingerprint density at radius 2 is 2.04 bits per heavy atom. The number of nitrogens with zero attached hydrogens (tertiary/aromatic N) is 1. The average Bonchev–Trinajstić information content (AvgIpc) is 3.29. The average molecular weight is 363 g/mol. The summed E-state index contributed by atoms with van der Waals surface area (Å²) in [5.41, 5.74) is 1.23. The van der Waals surface area contributed by atoms with Gasteiger partial charge in [0.25, 0.3) is 5.91 Å². The van der Waals surface area contributed by atoms with Gasteiger partial charge in [0.2, 0.25) is 0 Å². The van der Waals surface area contributed by atoms with Crippen molar-refractivity contribution >= 4 is 5.91 Å². The first-order chi connectivity index (χ1) is 12.5. The molecule has 146 valence electrons. The smallest absolute Gasteiger partial charge is 0.259 e. The lowest BCUT2D eigenvalue weighted by atomic mass is 9.89. The second kappa shape index (κ2) is 8.57. The van der Waals surface area contributed by atoms with E-state index in [4.69, 9.17) is 4.74 Å². The summed E-state index contributed by atoms with van der Waals surface area (Å²) >= 11 is 0. The number of amides is 1. The summed E-state index contributed by atoms with van der Waals surface area (Å²) in [6.45, 7) is 0.0748. The number of hydrogen-bond acceptors (Lipinski definition) is 4. The number of aliphatic hydroxyl groups excluding tert-OH is 2. The standard InChI is InChI=1S/C21H33NO4/c1-22(2)21(25)13-26-12-14-9-16-11-20(24)17(18(16)10-14)7-8-19(23)15-5-3-4-6-15/h7-8,12,15-20,23-24H,3-6,9-11,13H2,1-2H3/t16-,17+,18-,19+,20+/m0/s1. The first-order valence-corrected chi connectivity index (χ1v) is 10.00. The number of likely N-dealkylation sites (N-methyl/N-ethyl adjacent to an activating group) is 1. The SMILES string of the molecule is CN(C)C(=O)COC=C1C[C@H]2C[C@@H](O)[C@H](C=C[C@@H](O)C3CCCC3)[C@H]2C1. The fourth-order valence-electron chi connectivity index (χ4n) is 4.93. The Kier molecular flexibility index (Phi) is 6.41. The van der Waals surface area contributed by atoms with Crippen LogP contribution in [0.1, 0.15) is 44.9 Å². The lowest BCUT2D eigenvalue weighted by Gasteiger charge is -2.19. The van der Waals surface area contributed by atoms with Crippen LogP contribution in [-0.4, -0.2) is 53.9 Å². The van der Waals surface area contributed by atoms with E-state index < -0.39 is 0 Å². The molecule has 0 bridgehead atoms. The molecule has 5 nitrogen and oxygen atoms in total. The van der Waals surface area contributed by atoms with E-state index in [0.717, 1.165) is 32.1 Å². The molecule has 1 amide bonds. The van der Waals surface area contributed by atoms with Gasteiger partial charge in [-0.05, 0) is 55.4 Å². The summed E-state index contributed by atoms with van der Waals surface area (Å²) in [6.07, 6.45) is 12.4. The minimum Gasteiger partial charge on any atom is -0.491 e. The maximum Gasteiger partial charge on any atom is 0.259 e. The molecule has 0 radical (unpaired) electrons. The first kappa shape index (κ1) is 19.4. The molecule has 0 aromatic heterocycles. The molecule has 0 aromatic rings. The predicted molar refractivity (Wildman–Crippen MR) is 100 cm³/mol. The van der Waals surface area contributed by atoms with Gasteiger partial charge in [0.05, 0.1) is 18.5 Å². The maximum atomic E-state index is 11.6. The molecule has 0 spiro atoms. The van der Waals surface area contributed by atoms with Crippen LogP contribution in [0.4, 0.5) is 0 Å². The van der Waals surface area contributed by atoms with Gasteiger partial charge in [0, 0.05) is 20.0 Å². The van der Waals surface area contributed by atoms with Crippen molar-refractivity contribution in [3.63, 3.8) is 0 Å². The Balaban J connectivity index is 1.54. The first-order valence-electron chi connectivity index (χ1n) is 10.00. The molecule has 3 fully saturated rings. The number of hydrogen-bond donors (Lipinski definition) is 2. The molecule has 0 aliphatic heterocycles. The van der Waals surface area contributed by atoms with Gasteiger partial charge in [-0.1, -0.05) is 25.0 Å². The van der Waals surface area contributed by atoms with Crippen molar-refractivity contribution in [3.05, 3.63) is 24.0 Å². The third-order valence-corrected chi connectivity index (χ3v) is 6.48. The van der Waals surface area contributed by atoms with Gasteiger partial charge in [-0.25, -0.2) is 0 Å². The van der Waals surface area contributed by atoms with Crippen molar-refractivity contribution in [2.45, 2.75) is 57.2 Å². The van der Waals surface area contributed by atoms with Gasteiger partial charge in [-0.2, -0.15) is 0 Å². The van der Waals surface area contributed by atoms with Gasteiger partial charge in [-0.3, -0.25) is 4.79 Å². The zero-order valence-corrected chi connectivity index (χ0v) is 16.0. The van der Waals surface area contributed by atoms with Crippen molar-refractivity contribution in [3.8, 4) is 0 Å². The summed E-state index contributed by atoms with van der Waals surface area (Å²) in [7, 11) is 3.44. The van der Waals surface area contributed by atoms with Crippen LogP contribution in [0.25, 0.3) is 0 Å². The zero-order chi connectivity index (χ0) is 18.7. The van der Waals surface area contributed by atoms with Crippen LogP contribution in [0.2, 0.25) is 0 Å². The number of rotatable bonds is 6. The lowest BCUT2D eigenvalue weighted by Crippen LogP contribution is -2.25. The van der Waals surface area contributed by atoms with Crippen LogP contribution in [0.5, 0.6) is 0 Å². The van der Waals surface area contributed by atoms with Gasteiger partial charge >= 0.3 is 0 Å². The number of carbonyl (C=O) groups is 1. The molecule has 0 unspecified atom stereocenters. The van der Waals surface area contributed by atoms with Crippen LogP contribution < -0.4 is 0 Å². The number of ether oxygens (including phenoxy) is 1. The van der Waals surface area contributed by atoms with Crippen molar-refractivity contribution < 1.29 is 19.7 Å². The van der Waals surface area contributed by atoms with Gasteiger partial charge in [0.1, 0.15) is 0 Å². The molecule has 5 atom stereocenters. The van der Waals surface area contributed by atoms with Crippen LogP contribution in [0.3, 0.4) is 0 Å². The third-order valence-electron chi connectivity index (χ3n) is 6.48. The zero-order valence-electron chi connectivity index (χ0n) is 16.0. The highest BCUT2D eigenvalue weighted by molar-refractivity contribution is 5.76. The molecule has 2 N–H and O–H groups in total. The quantitative estimate of drug-likeness (QED) is 0.562. The Hall–Kier alpha value is -1.33. The Morgan fingerprint density at radius 3 is 2.73 bits per heavy atom. The third kappa shape index (κ3) is 4.49. The van der Waals surface area contributed by atoms with E-state index in [2.05, 4.69) is 6.08 Å². The number of carbonyl (C=O) groups excluding carboxylic acids is 1. The van der Waals surface area contributed by atoms with Gasteiger partial charge in [0.15, 0.2) is 6.61 Å². The Bertz CT molecular complexity index is 550. The topological polar surface area (TPSA) is 70.0 Å². The summed E-state index contributed by atoms with van der Waals surface area (Å²) in [5, 5.41) is 20.8. The minimum absolute atomic E-state index is 0.0443. The van der Waals surface area contributed by atoms with Crippen molar-refractivity contribution in [2.24, 2.45) is 23.7 Å². The monoisotopic (exact) mass is 363 g/mol. The number of fused-ring (bicyclic) bond motifs is 1.